The largest absolute Gasteiger partial charge is 0.324 e. The average Bonchev–Trinajstić information content (AvgIpc) is 2.44. The summed E-state index contributed by atoms with van der Waals surface area (Å²) in [7, 11) is 0. The summed E-state index contributed by atoms with van der Waals surface area (Å²) in [5.74, 6) is 1.74. The van der Waals surface area contributed by atoms with Crippen LogP contribution in [0.2, 0.25) is 0 Å². The van der Waals surface area contributed by atoms with Crippen molar-refractivity contribution in [3.63, 3.8) is 0 Å². The molecule has 106 valence electrons. The first-order valence-corrected chi connectivity index (χ1v) is 8.30. The zero-order valence-corrected chi connectivity index (χ0v) is 13.1. The molecule has 0 aromatic heterocycles. The summed E-state index contributed by atoms with van der Waals surface area (Å²) in [4.78, 5) is 2.61. The van der Waals surface area contributed by atoms with Gasteiger partial charge in [0.15, 0.2) is 0 Å². The van der Waals surface area contributed by atoms with Crippen LogP contribution in [0, 0.1) is 5.92 Å². The third-order valence-corrected chi connectivity index (χ3v) is 5.67. The van der Waals surface area contributed by atoms with Gasteiger partial charge in [-0.05, 0) is 18.4 Å². The smallest absolute Gasteiger partial charge is 0.0333 e. The van der Waals surface area contributed by atoms with Crippen LogP contribution in [0.3, 0.4) is 0 Å². The molecule has 19 heavy (non-hydrogen) atoms. The van der Waals surface area contributed by atoms with E-state index in [-0.39, 0.29) is 6.04 Å². The summed E-state index contributed by atoms with van der Waals surface area (Å²) in [5.41, 5.74) is 7.66. The quantitative estimate of drug-likeness (QED) is 0.917. The molecule has 1 saturated heterocycles. The molecule has 0 spiro atoms. The summed E-state index contributed by atoms with van der Waals surface area (Å²) >= 11 is 2.09. The van der Waals surface area contributed by atoms with Gasteiger partial charge in [-0.3, -0.25) is 4.90 Å². The zero-order valence-electron chi connectivity index (χ0n) is 12.3. The van der Waals surface area contributed by atoms with Crippen molar-refractivity contribution in [2.24, 2.45) is 11.7 Å². The Bertz CT molecular complexity index is 382. The van der Waals surface area contributed by atoms with Crippen molar-refractivity contribution < 1.29 is 0 Å². The van der Waals surface area contributed by atoms with Crippen LogP contribution >= 0.6 is 11.8 Å². The van der Waals surface area contributed by atoms with Crippen molar-refractivity contribution in [3.8, 4) is 0 Å². The van der Waals surface area contributed by atoms with Crippen molar-refractivity contribution in [3.05, 3.63) is 35.9 Å². The molecule has 1 aromatic rings. The molecule has 0 radical (unpaired) electrons. The lowest BCUT2D eigenvalue weighted by Gasteiger charge is -2.39. The van der Waals surface area contributed by atoms with Gasteiger partial charge in [0, 0.05) is 36.2 Å². The van der Waals surface area contributed by atoms with Crippen molar-refractivity contribution in [1.29, 1.82) is 0 Å². The maximum absolute atomic E-state index is 6.40. The first-order chi connectivity index (χ1) is 9.09. The van der Waals surface area contributed by atoms with E-state index in [1.54, 1.807) is 0 Å². The third-order valence-electron chi connectivity index (χ3n) is 4.33. The molecule has 4 atom stereocenters. The summed E-state index contributed by atoms with van der Waals surface area (Å²) < 4.78 is 0. The van der Waals surface area contributed by atoms with Gasteiger partial charge in [-0.2, -0.15) is 11.8 Å². The minimum atomic E-state index is 0.137. The SMILES string of the molecule is CC(CN1CCSC(C)C1C)C(N)c1ccccc1. The fourth-order valence-corrected chi connectivity index (χ4v) is 3.90. The summed E-state index contributed by atoms with van der Waals surface area (Å²) in [5, 5.41) is 0.730. The zero-order chi connectivity index (χ0) is 13.8. The second-order valence-corrected chi connectivity index (χ2v) is 7.21. The fourth-order valence-electron chi connectivity index (χ4n) is 2.74. The second-order valence-electron chi connectivity index (χ2n) is 5.73. The number of nitrogens with two attached hydrogens (primary N) is 1. The predicted octanol–water partition coefficient (Wildman–Crippen LogP) is 3.15. The molecule has 1 heterocycles. The summed E-state index contributed by atoms with van der Waals surface area (Å²) in [6, 6.07) is 11.3. The highest BCUT2D eigenvalue weighted by atomic mass is 32.2. The molecule has 3 heteroatoms. The van der Waals surface area contributed by atoms with Crippen LogP contribution in [0.15, 0.2) is 30.3 Å². The molecular formula is C16H26N2S. The number of hydrogen-bond donors (Lipinski definition) is 1. The minimum Gasteiger partial charge on any atom is -0.324 e. The van der Waals surface area contributed by atoms with E-state index >= 15 is 0 Å². The topological polar surface area (TPSA) is 29.3 Å². The lowest BCUT2D eigenvalue weighted by atomic mass is 9.94. The lowest BCUT2D eigenvalue weighted by Crippen LogP contribution is -2.47. The average molecular weight is 278 g/mol. The number of rotatable bonds is 4. The lowest BCUT2D eigenvalue weighted by molar-refractivity contribution is 0.175. The van der Waals surface area contributed by atoms with Gasteiger partial charge in [0.1, 0.15) is 0 Å². The molecule has 0 bridgehead atoms. The van der Waals surface area contributed by atoms with Crippen molar-refractivity contribution in [2.45, 2.75) is 38.1 Å². The van der Waals surface area contributed by atoms with Crippen LogP contribution < -0.4 is 5.73 Å². The Labute approximate surface area is 121 Å². The Morgan fingerprint density at radius 3 is 2.68 bits per heavy atom. The van der Waals surface area contributed by atoms with E-state index in [9.17, 15) is 0 Å². The van der Waals surface area contributed by atoms with Gasteiger partial charge in [0.25, 0.3) is 0 Å². The van der Waals surface area contributed by atoms with Gasteiger partial charge in [-0.1, -0.05) is 44.2 Å². The molecule has 0 saturated carbocycles. The Morgan fingerprint density at radius 2 is 2.00 bits per heavy atom. The highest BCUT2D eigenvalue weighted by Gasteiger charge is 2.27. The standard InChI is InChI=1S/C16H26N2S/c1-12(16(17)15-7-5-4-6-8-15)11-18-9-10-19-14(3)13(18)2/h4-8,12-14,16H,9-11,17H2,1-3H3. The molecule has 2 nitrogen and oxygen atoms in total. The molecule has 1 aliphatic heterocycles. The fraction of sp³-hybridized carbons (Fsp3) is 0.625. The van der Waals surface area contributed by atoms with E-state index in [2.05, 4.69) is 61.7 Å². The normalized spacial score (nSPS) is 28.0. The number of benzene rings is 1. The van der Waals surface area contributed by atoms with Crippen LogP contribution in [0.25, 0.3) is 0 Å². The van der Waals surface area contributed by atoms with E-state index in [0.717, 1.165) is 11.8 Å². The van der Waals surface area contributed by atoms with Crippen LogP contribution in [0.1, 0.15) is 32.4 Å². The molecule has 1 aromatic carbocycles. The van der Waals surface area contributed by atoms with Crippen LogP contribution in [0.4, 0.5) is 0 Å². The van der Waals surface area contributed by atoms with E-state index in [1.165, 1.54) is 17.9 Å². The Kier molecular flexibility index (Phi) is 5.31. The van der Waals surface area contributed by atoms with Gasteiger partial charge in [0.2, 0.25) is 0 Å². The summed E-state index contributed by atoms with van der Waals surface area (Å²) in [6.45, 7) is 9.25. The molecule has 0 aliphatic carbocycles. The van der Waals surface area contributed by atoms with Crippen LogP contribution in [-0.4, -0.2) is 35.0 Å². The Morgan fingerprint density at radius 1 is 1.32 bits per heavy atom. The maximum atomic E-state index is 6.40. The molecule has 4 unspecified atom stereocenters. The van der Waals surface area contributed by atoms with Crippen molar-refractivity contribution in [2.75, 3.05) is 18.8 Å². The van der Waals surface area contributed by atoms with Gasteiger partial charge in [-0.25, -0.2) is 0 Å². The van der Waals surface area contributed by atoms with Crippen molar-refractivity contribution >= 4 is 11.8 Å². The van der Waals surface area contributed by atoms with E-state index in [1.807, 2.05) is 6.07 Å². The summed E-state index contributed by atoms with van der Waals surface area (Å²) in [6.07, 6.45) is 0. The van der Waals surface area contributed by atoms with E-state index in [4.69, 9.17) is 5.73 Å². The van der Waals surface area contributed by atoms with Gasteiger partial charge < -0.3 is 5.73 Å². The number of nitrogens with zero attached hydrogens (tertiary/aromatic N) is 1. The van der Waals surface area contributed by atoms with Crippen LogP contribution in [-0.2, 0) is 0 Å². The molecule has 2 rings (SSSR count). The molecular weight excluding hydrogens is 252 g/mol. The first kappa shape index (κ1) is 14.9. The monoisotopic (exact) mass is 278 g/mol. The highest BCUT2D eigenvalue weighted by Crippen LogP contribution is 2.27. The third kappa shape index (κ3) is 3.74. The minimum absolute atomic E-state index is 0.137. The van der Waals surface area contributed by atoms with E-state index in [0.29, 0.717) is 12.0 Å². The van der Waals surface area contributed by atoms with E-state index < -0.39 is 0 Å². The predicted molar refractivity (Wildman–Crippen MR) is 85.5 cm³/mol. The van der Waals surface area contributed by atoms with Crippen molar-refractivity contribution in [1.82, 2.24) is 4.90 Å². The highest BCUT2D eigenvalue weighted by molar-refractivity contribution is 8.00. The Hall–Kier alpha value is -0.510. The maximum Gasteiger partial charge on any atom is 0.0333 e. The molecule has 0 amide bonds. The molecule has 2 N–H and O–H groups in total. The van der Waals surface area contributed by atoms with Gasteiger partial charge in [-0.15, -0.1) is 0 Å². The van der Waals surface area contributed by atoms with Gasteiger partial charge >= 0.3 is 0 Å². The first-order valence-electron chi connectivity index (χ1n) is 7.25. The van der Waals surface area contributed by atoms with Crippen LogP contribution in [0.5, 0.6) is 0 Å². The molecule has 1 fully saturated rings. The number of hydrogen-bond acceptors (Lipinski definition) is 3. The Balaban J connectivity index is 1.95. The van der Waals surface area contributed by atoms with Gasteiger partial charge in [0.05, 0.1) is 0 Å². The number of thioether (sulfide) groups is 1. The second kappa shape index (κ2) is 6.78. The molecule has 1 aliphatic rings.